The molecule has 3 nitrogen and oxygen atoms in total. The van der Waals surface area contributed by atoms with Gasteiger partial charge in [0.25, 0.3) is 0 Å². The highest BCUT2D eigenvalue weighted by Gasteiger charge is 2.10. The molecule has 0 bridgehead atoms. The van der Waals surface area contributed by atoms with E-state index < -0.39 is 0 Å². The second-order valence-corrected chi connectivity index (χ2v) is 5.56. The summed E-state index contributed by atoms with van der Waals surface area (Å²) in [6.45, 7) is 9.36. The maximum absolute atomic E-state index is 4.55. The Labute approximate surface area is 123 Å². The summed E-state index contributed by atoms with van der Waals surface area (Å²) in [5, 5.41) is 7.96. The van der Waals surface area contributed by atoms with Crippen molar-refractivity contribution in [2.45, 2.75) is 33.7 Å². The van der Waals surface area contributed by atoms with Crippen LogP contribution in [0.2, 0.25) is 0 Å². The Hall–Kier alpha value is -1.13. The first kappa shape index (κ1) is 14.3. The minimum atomic E-state index is 0.381. The normalized spacial score (nSPS) is 12.7. The molecule has 0 saturated heterocycles. The molecule has 0 aliphatic rings. The van der Waals surface area contributed by atoms with Crippen LogP contribution in [0, 0.1) is 13.8 Å². The van der Waals surface area contributed by atoms with Crippen molar-refractivity contribution in [2.75, 3.05) is 6.54 Å². The minimum absolute atomic E-state index is 0.381. The zero-order valence-corrected chi connectivity index (χ0v) is 13.5. The van der Waals surface area contributed by atoms with Gasteiger partial charge < -0.3 is 5.32 Å². The number of hydrogen-bond acceptors (Lipinski definition) is 2. The van der Waals surface area contributed by atoms with E-state index in [9.17, 15) is 0 Å². The Morgan fingerprint density at radius 1 is 1.26 bits per heavy atom. The van der Waals surface area contributed by atoms with Crippen molar-refractivity contribution in [1.82, 2.24) is 15.1 Å². The van der Waals surface area contributed by atoms with Crippen molar-refractivity contribution in [3.8, 4) is 5.69 Å². The molecule has 1 unspecified atom stereocenters. The average Bonchev–Trinajstić information content (AvgIpc) is 2.67. The number of rotatable bonds is 4. The predicted octanol–water partition coefficient (Wildman–Crippen LogP) is 3.92. The topological polar surface area (TPSA) is 29.9 Å². The molecule has 0 amide bonds. The highest BCUT2D eigenvalue weighted by molar-refractivity contribution is 9.10. The van der Waals surface area contributed by atoms with Crippen LogP contribution in [0.15, 0.2) is 28.7 Å². The summed E-state index contributed by atoms with van der Waals surface area (Å²) in [4.78, 5) is 0. The molecule has 0 aliphatic carbocycles. The third kappa shape index (κ3) is 2.90. The minimum Gasteiger partial charge on any atom is -0.310 e. The molecule has 2 rings (SSSR count). The molecule has 1 atom stereocenters. The molecule has 0 radical (unpaired) electrons. The fourth-order valence-corrected chi connectivity index (χ4v) is 2.45. The molecule has 4 heteroatoms. The second-order valence-electron chi connectivity index (χ2n) is 4.77. The number of nitrogens with one attached hydrogen (secondary N) is 1. The first-order chi connectivity index (χ1) is 9.04. The number of halogens is 1. The van der Waals surface area contributed by atoms with E-state index in [4.69, 9.17) is 0 Å². The summed E-state index contributed by atoms with van der Waals surface area (Å²) in [6, 6.07) is 8.94. The zero-order chi connectivity index (χ0) is 14.0. The van der Waals surface area contributed by atoms with E-state index in [0.29, 0.717) is 6.04 Å². The Kier molecular flexibility index (Phi) is 4.42. The Balaban J connectivity index is 2.30. The van der Waals surface area contributed by atoms with Crippen molar-refractivity contribution in [3.63, 3.8) is 0 Å². The third-order valence-electron chi connectivity index (χ3n) is 3.35. The van der Waals surface area contributed by atoms with Crippen molar-refractivity contribution in [1.29, 1.82) is 0 Å². The fraction of sp³-hybridized carbons (Fsp3) is 0.400. The molecule has 19 heavy (non-hydrogen) atoms. The van der Waals surface area contributed by atoms with Gasteiger partial charge in [-0.2, -0.15) is 5.10 Å². The molecule has 0 aliphatic heterocycles. The Morgan fingerprint density at radius 3 is 2.37 bits per heavy atom. The van der Waals surface area contributed by atoms with Gasteiger partial charge in [-0.05, 0) is 60.9 Å². The van der Waals surface area contributed by atoms with Gasteiger partial charge >= 0.3 is 0 Å². The van der Waals surface area contributed by atoms with Gasteiger partial charge in [-0.25, -0.2) is 4.68 Å². The third-order valence-corrected chi connectivity index (χ3v) is 4.50. The first-order valence-corrected chi connectivity index (χ1v) is 7.39. The van der Waals surface area contributed by atoms with E-state index in [-0.39, 0.29) is 0 Å². The lowest BCUT2D eigenvalue weighted by Crippen LogP contribution is -2.17. The van der Waals surface area contributed by atoms with E-state index in [2.05, 4.69) is 71.4 Å². The molecular formula is C15H20BrN3. The van der Waals surface area contributed by atoms with Crippen LogP contribution in [0.3, 0.4) is 0 Å². The molecule has 0 saturated carbocycles. The molecule has 1 aromatic carbocycles. The van der Waals surface area contributed by atoms with Crippen LogP contribution in [0.4, 0.5) is 0 Å². The monoisotopic (exact) mass is 321 g/mol. The van der Waals surface area contributed by atoms with Crippen molar-refractivity contribution in [2.24, 2.45) is 0 Å². The number of hydrogen-bond donors (Lipinski definition) is 1. The molecule has 0 spiro atoms. The van der Waals surface area contributed by atoms with Crippen LogP contribution >= 0.6 is 15.9 Å². The highest BCUT2D eigenvalue weighted by Crippen LogP contribution is 2.23. The number of aromatic nitrogens is 2. The van der Waals surface area contributed by atoms with Gasteiger partial charge in [0, 0.05) is 6.04 Å². The summed E-state index contributed by atoms with van der Waals surface area (Å²) < 4.78 is 3.05. The summed E-state index contributed by atoms with van der Waals surface area (Å²) in [5.41, 5.74) is 4.54. The number of benzene rings is 1. The maximum atomic E-state index is 4.55. The summed E-state index contributed by atoms with van der Waals surface area (Å²) in [7, 11) is 0. The molecule has 2 aromatic rings. The van der Waals surface area contributed by atoms with Crippen molar-refractivity contribution >= 4 is 15.9 Å². The molecular weight excluding hydrogens is 302 g/mol. The van der Waals surface area contributed by atoms with Gasteiger partial charge in [0.05, 0.1) is 21.5 Å². The SMILES string of the molecule is CCNC(C)c1ccc(-n2nc(C)c(Br)c2C)cc1. The molecule has 1 N–H and O–H groups in total. The van der Waals surface area contributed by atoms with E-state index in [1.807, 2.05) is 11.6 Å². The molecule has 102 valence electrons. The largest absolute Gasteiger partial charge is 0.310 e. The molecule has 1 aromatic heterocycles. The highest BCUT2D eigenvalue weighted by atomic mass is 79.9. The van der Waals surface area contributed by atoms with Gasteiger partial charge in [-0.15, -0.1) is 0 Å². The number of aryl methyl sites for hydroxylation is 1. The van der Waals surface area contributed by atoms with Gasteiger partial charge in [-0.1, -0.05) is 19.1 Å². The van der Waals surface area contributed by atoms with Gasteiger partial charge in [0.2, 0.25) is 0 Å². The maximum Gasteiger partial charge on any atom is 0.0743 e. The zero-order valence-electron chi connectivity index (χ0n) is 11.9. The summed E-state index contributed by atoms with van der Waals surface area (Å²) in [5.74, 6) is 0. The second kappa shape index (κ2) is 5.88. The lowest BCUT2D eigenvalue weighted by molar-refractivity contribution is 0.598. The Bertz CT molecular complexity index is 558. The average molecular weight is 322 g/mol. The van der Waals surface area contributed by atoms with Crippen molar-refractivity contribution < 1.29 is 0 Å². The smallest absolute Gasteiger partial charge is 0.0743 e. The van der Waals surface area contributed by atoms with E-state index in [1.54, 1.807) is 0 Å². The molecule has 1 heterocycles. The predicted molar refractivity (Wildman–Crippen MR) is 82.8 cm³/mol. The van der Waals surface area contributed by atoms with Crippen LogP contribution in [-0.2, 0) is 0 Å². The van der Waals surface area contributed by atoms with E-state index in [0.717, 1.165) is 28.1 Å². The van der Waals surface area contributed by atoms with Crippen molar-refractivity contribution in [3.05, 3.63) is 45.7 Å². The molecule has 0 fully saturated rings. The first-order valence-electron chi connectivity index (χ1n) is 6.60. The fourth-order valence-electron chi connectivity index (χ4n) is 2.20. The lowest BCUT2D eigenvalue weighted by atomic mass is 10.1. The van der Waals surface area contributed by atoms with E-state index in [1.165, 1.54) is 5.56 Å². The van der Waals surface area contributed by atoms with Crippen LogP contribution in [0.1, 0.15) is 36.8 Å². The summed E-state index contributed by atoms with van der Waals surface area (Å²) >= 11 is 3.56. The van der Waals surface area contributed by atoms with Gasteiger partial charge in [0.1, 0.15) is 0 Å². The standard InChI is InChI=1S/C15H20BrN3/c1-5-17-10(2)13-6-8-14(9-7-13)19-12(4)15(16)11(3)18-19/h6-10,17H,5H2,1-4H3. The quantitative estimate of drug-likeness (QED) is 0.924. The number of nitrogens with zero attached hydrogens (tertiary/aromatic N) is 2. The Morgan fingerprint density at radius 2 is 1.89 bits per heavy atom. The van der Waals surface area contributed by atoms with Crippen LogP contribution in [0.25, 0.3) is 5.69 Å². The van der Waals surface area contributed by atoms with Crippen LogP contribution in [0.5, 0.6) is 0 Å². The van der Waals surface area contributed by atoms with Crippen LogP contribution in [-0.4, -0.2) is 16.3 Å². The van der Waals surface area contributed by atoms with Gasteiger partial charge in [0.15, 0.2) is 0 Å². The van der Waals surface area contributed by atoms with Gasteiger partial charge in [-0.3, -0.25) is 0 Å². The van der Waals surface area contributed by atoms with E-state index >= 15 is 0 Å². The van der Waals surface area contributed by atoms with Crippen LogP contribution < -0.4 is 5.32 Å². The lowest BCUT2D eigenvalue weighted by Gasteiger charge is -2.13. The summed E-state index contributed by atoms with van der Waals surface area (Å²) in [6.07, 6.45) is 0.